The van der Waals surface area contributed by atoms with Crippen LogP contribution in [0.5, 0.6) is 0 Å². The molecule has 1 unspecified atom stereocenters. The Labute approximate surface area is 104 Å². The standard InChI is InChI=1S/C14H25NS/c1-5-7-8-9-14(15-6-2)13-10-11(3)16-12(13)4/h10,14-15H,5-9H2,1-4H3. The zero-order chi connectivity index (χ0) is 12.0. The van der Waals surface area contributed by atoms with E-state index in [1.807, 2.05) is 11.3 Å². The second-order valence-corrected chi connectivity index (χ2v) is 5.94. The predicted molar refractivity (Wildman–Crippen MR) is 74.4 cm³/mol. The largest absolute Gasteiger partial charge is 0.310 e. The van der Waals surface area contributed by atoms with Gasteiger partial charge in [0.15, 0.2) is 0 Å². The highest BCUT2D eigenvalue weighted by Crippen LogP contribution is 2.29. The molecule has 1 aromatic rings. The second kappa shape index (κ2) is 7.08. The average molecular weight is 239 g/mol. The van der Waals surface area contributed by atoms with Gasteiger partial charge in [-0.2, -0.15) is 0 Å². The van der Waals surface area contributed by atoms with E-state index < -0.39 is 0 Å². The van der Waals surface area contributed by atoms with Gasteiger partial charge in [0.2, 0.25) is 0 Å². The molecule has 0 spiro atoms. The number of hydrogen-bond acceptors (Lipinski definition) is 2. The Morgan fingerprint density at radius 3 is 2.50 bits per heavy atom. The Morgan fingerprint density at radius 1 is 1.25 bits per heavy atom. The molecule has 0 aliphatic heterocycles. The average Bonchev–Trinajstić information content (AvgIpc) is 2.57. The van der Waals surface area contributed by atoms with E-state index in [4.69, 9.17) is 0 Å². The summed E-state index contributed by atoms with van der Waals surface area (Å²) in [6.07, 6.45) is 5.27. The molecule has 1 heterocycles. The fourth-order valence-corrected chi connectivity index (χ4v) is 3.20. The number of thiophene rings is 1. The molecule has 2 heteroatoms. The van der Waals surface area contributed by atoms with E-state index in [-0.39, 0.29) is 0 Å². The lowest BCUT2D eigenvalue weighted by atomic mass is 10.0. The molecule has 0 amide bonds. The molecule has 0 aromatic carbocycles. The van der Waals surface area contributed by atoms with Gasteiger partial charge in [0, 0.05) is 15.8 Å². The highest BCUT2D eigenvalue weighted by Gasteiger charge is 2.14. The molecule has 0 fully saturated rings. The second-order valence-electron chi connectivity index (χ2n) is 4.47. The molecule has 16 heavy (non-hydrogen) atoms. The van der Waals surface area contributed by atoms with Crippen molar-refractivity contribution in [2.45, 2.75) is 59.4 Å². The van der Waals surface area contributed by atoms with Crippen LogP contribution in [0.3, 0.4) is 0 Å². The van der Waals surface area contributed by atoms with Gasteiger partial charge in [-0.25, -0.2) is 0 Å². The molecule has 0 saturated carbocycles. The zero-order valence-corrected chi connectivity index (χ0v) is 11.9. The van der Waals surface area contributed by atoms with Crippen LogP contribution in [0.2, 0.25) is 0 Å². The molecule has 1 nitrogen and oxygen atoms in total. The number of nitrogens with one attached hydrogen (secondary N) is 1. The van der Waals surface area contributed by atoms with Crippen LogP contribution in [0, 0.1) is 13.8 Å². The summed E-state index contributed by atoms with van der Waals surface area (Å²) in [5, 5.41) is 3.62. The van der Waals surface area contributed by atoms with Crippen LogP contribution < -0.4 is 5.32 Å². The quantitative estimate of drug-likeness (QED) is 0.686. The minimum Gasteiger partial charge on any atom is -0.310 e. The first-order chi connectivity index (χ1) is 7.69. The third-order valence-corrected chi connectivity index (χ3v) is 3.98. The maximum atomic E-state index is 3.62. The molecule has 1 rings (SSSR count). The zero-order valence-electron chi connectivity index (χ0n) is 11.1. The van der Waals surface area contributed by atoms with Crippen LogP contribution in [-0.4, -0.2) is 6.54 Å². The molecule has 0 saturated heterocycles. The van der Waals surface area contributed by atoms with Crippen molar-refractivity contribution in [3.05, 3.63) is 21.4 Å². The molecule has 0 aliphatic carbocycles. The molecule has 1 aromatic heterocycles. The van der Waals surface area contributed by atoms with Gasteiger partial charge >= 0.3 is 0 Å². The number of aryl methyl sites for hydroxylation is 2. The Kier molecular flexibility index (Phi) is 6.07. The summed E-state index contributed by atoms with van der Waals surface area (Å²) in [6.45, 7) is 9.97. The lowest BCUT2D eigenvalue weighted by Gasteiger charge is -2.17. The molecule has 1 atom stereocenters. The maximum absolute atomic E-state index is 3.62. The molecular formula is C14H25NS. The summed E-state index contributed by atoms with van der Waals surface area (Å²) >= 11 is 1.92. The fraction of sp³-hybridized carbons (Fsp3) is 0.714. The minimum atomic E-state index is 0.571. The van der Waals surface area contributed by atoms with Crippen LogP contribution in [0.25, 0.3) is 0 Å². The highest BCUT2D eigenvalue weighted by atomic mass is 32.1. The van der Waals surface area contributed by atoms with Gasteiger partial charge in [-0.1, -0.05) is 33.1 Å². The van der Waals surface area contributed by atoms with Crippen molar-refractivity contribution in [2.24, 2.45) is 0 Å². The van der Waals surface area contributed by atoms with Crippen LogP contribution in [0.1, 0.15) is 60.9 Å². The summed E-state index contributed by atoms with van der Waals surface area (Å²) in [6, 6.07) is 2.93. The van der Waals surface area contributed by atoms with Crippen LogP contribution in [0.15, 0.2) is 6.07 Å². The lowest BCUT2D eigenvalue weighted by Crippen LogP contribution is -2.21. The normalized spacial score (nSPS) is 13.0. The van der Waals surface area contributed by atoms with Crippen LogP contribution >= 0.6 is 11.3 Å². The molecule has 0 radical (unpaired) electrons. The van der Waals surface area contributed by atoms with Crippen molar-refractivity contribution in [3.63, 3.8) is 0 Å². The lowest BCUT2D eigenvalue weighted by molar-refractivity contribution is 0.486. The van der Waals surface area contributed by atoms with E-state index in [1.165, 1.54) is 41.0 Å². The molecule has 0 bridgehead atoms. The third kappa shape index (κ3) is 3.91. The van der Waals surface area contributed by atoms with Gasteiger partial charge in [0.05, 0.1) is 0 Å². The SMILES string of the molecule is CCCCCC(NCC)c1cc(C)sc1C. The Bertz CT molecular complexity index is 304. The maximum Gasteiger partial charge on any atom is 0.0331 e. The smallest absolute Gasteiger partial charge is 0.0331 e. The van der Waals surface area contributed by atoms with Gasteiger partial charge in [-0.3, -0.25) is 0 Å². The van der Waals surface area contributed by atoms with E-state index >= 15 is 0 Å². The monoisotopic (exact) mass is 239 g/mol. The first-order valence-corrected chi connectivity index (χ1v) is 7.31. The van der Waals surface area contributed by atoms with E-state index in [9.17, 15) is 0 Å². The Hall–Kier alpha value is -0.340. The van der Waals surface area contributed by atoms with Gasteiger partial charge in [0.1, 0.15) is 0 Å². The van der Waals surface area contributed by atoms with E-state index in [0.717, 1.165) is 6.54 Å². The summed E-state index contributed by atoms with van der Waals surface area (Å²) in [5.41, 5.74) is 1.53. The molecule has 92 valence electrons. The van der Waals surface area contributed by atoms with E-state index in [0.29, 0.717) is 6.04 Å². The number of unbranched alkanes of at least 4 members (excludes halogenated alkanes) is 2. The van der Waals surface area contributed by atoms with Crippen molar-refractivity contribution < 1.29 is 0 Å². The number of rotatable bonds is 7. The van der Waals surface area contributed by atoms with Crippen LogP contribution in [-0.2, 0) is 0 Å². The summed E-state index contributed by atoms with van der Waals surface area (Å²) < 4.78 is 0. The van der Waals surface area contributed by atoms with Crippen molar-refractivity contribution >= 4 is 11.3 Å². The topological polar surface area (TPSA) is 12.0 Å². The predicted octanol–water partition coefficient (Wildman–Crippen LogP) is 4.60. The van der Waals surface area contributed by atoms with E-state index in [2.05, 4.69) is 39.1 Å². The summed E-state index contributed by atoms with van der Waals surface area (Å²) in [5.74, 6) is 0. The van der Waals surface area contributed by atoms with Gasteiger partial charge in [0.25, 0.3) is 0 Å². The van der Waals surface area contributed by atoms with Crippen LogP contribution in [0.4, 0.5) is 0 Å². The molecular weight excluding hydrogens is 214 g/mol. The Balaban J connectivity index is 2.64. The molecule has 1 N–H and O–H groups in total. The highest BCUT2D eigenvalue weighted by molar-refractivity contribution is 7.12. The van der Waals surface area contributed by atoms with Gasteiger partial charge in [-0.05, 0) is 38.4 Å². The van der Waals surface area contributed by atoms with Crippen molar-refractivity contribution in [2.75, 3.05) is 6.54 Å². The van der Waals surface area contributed by atoms with Crippen molar-refractivity contribution in [1.82, 2.24) is 5.32 Å². The van der Waals surface area contributed by atoms with Crippen molar-refractivity contribution in [1.29, 1.82) is 0 Å². The third-order valence-electron chi connectivity index (χ3n) is 3.00. The molecule has 0 aliphatic rings. The summed E-state index contributed by atoms with van der Waals surface area (Å²) in [7, 11) is 0. The first kappa shape index (κ1) is 13.7. The number of hydrogen-bond donors (Lipinski definition) is 1. The van der Waals surface area contributed by atoms with Gasteiger partial charge < -0.3 is 5.32 Å². The van der Waals surface area contributed by atoms with Crippen molar-refractivity contribution in [3.8, 4) is 0 Å². The van der Waals surface area contributed by atoms with Gasteiger partial charge in [-0.15, -0.1) is 11.3 Å². The Morgan fingerprint density at radius 2 is 2.00 bits per heavy atom. The first-order valence-electron chi connectivity index (χ1n) is 6.49. The van der Waals surface area contributed by atoms with E-state index in [1.54, 1.807) is 0 Å². The summed E-state index contributed by atoms with van der Waals surface area (Å²) in [4.78, 5) is 2.92. The minimum absolute atomic E-state index is 0.571. The fourth-order valence-electron chi connectivity index (χ4n) is 2.21.